The number of isocyanates is 1. The number of nitrogens with one attached hydrogen (secondary N) is 1. The first-order chi connectivity index (χ1) is 15.8. The standard InChI is InChI=1S/C24H36FN5O3S/c1-9-21(29(7)8)22-12-23(28-30(22)16(4)5)34(32,33)27-13-17(6)20-11-18(25)10-19(15(2)3)24(20)26-14-31/h10-12,15-17,21,27H,9,13H2,1-8H3. The molecular formula is C24H36FN5O3S. The molecule has 1 heterocycles. The average Bonchev–Trinajstić information content (AvgIpc) is 3.19. The summed E-state index contributed by atoms with van der Waals surface area (Å²) >= 11 is 0. The lowest BCUT2D eigenvalue weighted by atomic mass is 9.92. The highest BCUT2D eigenvalue weighted by Crippen LogP contribution is 2.35. The predicted octanol–water partition coefficient (Wildman–Crippen LogP) is 4.79. The summed E-state index contributed by atoms with van der Waals surface area (Å²) in [5, 5.41) is 4.33. The maximum atomic E-state index is 14.3. The van der Waals surface area contributed by atoms with Crippen molar-refractivity contribution in [3.63, 3.8) is 0 Å². The summed E-state index contributed by atoms with van der Waals surface area (Å²) < 4.78 is 44.9. The second-order valence-electron chi connectivity index (χ2n) is 9.38. The highest BCUT2D eigenvalue weighted by atomic mass is 32.2. The number of hydrogen-bond acceptors (Lipinski definition) is 6. The van der Waals surface area contributed by atoms with Crippen LogP contribution in [-0.4, -0.2) is 49.8 Å². The van der Waals surface area contributed by atoms with Crippen molar-refractivity contribution >= 4 is 21.8 Å². The van der Waals surface area contributed by atoms with Crippen LogP contribution in [0.2, 0.25) is 0 Å². The van der Waals surface area contributed by atoms with Gasteiger partial charge in [-0.05, 0) is 69.5 Å². The molecule has 0 spiro atoms. The van der Waals surface area contributed by atoms with Gasteiger partial charge >= 0.3 is 0 Å². The zero-order valence-electron chi connectivity index (χ0n) is 21.3. The van der Waals surface area contributed by atoms with E-state index in [-0.39, 0.29) is 29.6 Å². The molecule has 8 nitrogen and oxygen atoms in total. The Morgan fingerprint density at radius 3 is 2.26 bits per heavy atom. The largest absolute Gasteiger partial charge is 0.301 e. The van der Waals surface area contributed by atoms with E-state index < -0.39 is 21.8 Å². The molecule has 2 unspecified atom stereocenters. The Kier molecular flexibility index (Phi) is 9.30. The Balaban J connectivity index is 2.39. The molecule has 0 amide bonds. The Labute approximate surface area is 202 Å². The highest BCUT2D eigenvalue weighted by molar-refractivity contribution is 7.89. The molecule has 2 aromatic rings. The lowest BCUT2D eigenvalue weighted by molar-refractivity contribution is 0.271. The summed E-state index contributed by atoms with van der Waals surface area (Å²) in [5.41, 5.74) is 2.18. The van der Waals surface area contributed by atoms with Gasteiger partial charge in [0, 0.05) is 18.7 Å². The van der Waals surface area contributed by atoms with Crippen LogP contribution in [0.15, 0.2) is 28.2 Å². The molecule has 1 N–H and O–H groups in total. The second kappa shape index (κ2) is 11.4. The van der Waals surface area contributed by atoms with Gasteiger partial charge in [0.2, 0.25) is 6.08 Å². The molecule has 188 valence electrons. The molecule has 0 saturated heterocycles. The van der Waals surface area contributed by atoms with Gasteiger partial charge in [0.05, 0.1) is 17.4 Å². The number of nitrogens with zero attached hydrogens (tertiary/aromatic N) is 4. The summed E-state index contributed by atoms with van der Waals surface area (Å²) in [6.45, 7) is 11.4. The fourth-order valence-electron chi connectivity index (χ4n) is 4.07. The number of hydrogen-bond donors (Lipinski definition) is 1. The molecule has 0 saturated carbocycles. The van der Waals surface area contributed by atoms with Crippen molar-refractivity contribution in [1.82, 2.24) is 19.4 Å². The van der Waals surface area contributed by atoms with E-state index in [4.69, 9.17) is 0 Å². The topological polar surface area (TPSA) is 96.7 Å². The van der Waals surface area contributed by atoms with Crippen LogP contribution < -0.4 is 4.72 Å². The molecule has 0 aliphatic carbocycles. The van der Waals surface area contributed by atoms with Crippen LogP contribution in [0.25, 0.3) is 0 Å². The third-order valence-electron chi connectivity index (χ3n) is 5.88. The molecule has 0 aliphatic rings. The van der Waals surface area contributed by atoms with E-state index >= 15 is 0 Å². The van der Waals surface area contributed by atoms with Crippen molar-refractivity contribution < 1.29 is 17.6 Å². The quantitative estimate of drug-likeness (QED) is 0.359. The van der Waals surface area contributed by atoms with Gasteiger partial charge in [-0.25, -0.2) is 22.3 Å². The third kappa shape index (κ3) is 6.18. The molecule has 0 radical (unpaired) electrons. The molecule has 10 heteroatoms. The molecule has 1 aromatic heterocycles. The molecular weight excluding hydrogens is 457 g/mol. The van der Waals surface area contributed by atoms with Crippen LogP contribution in [0, 0.1) is 5.82 Å². The smallest absolute Gasteiger partial charge is 0.259 e. The average molecular weight is 494 g/mol. The van der Waals surface area contributed by atoms with Gasteiger partial charge in [-0.15, -0.1) is 0 Å². The number of halogens is 1. The lowest BCUT2D eigenvalue weighted by Crippen LogP contribution is -2.28. The summed E-state index contributed by atoms with van der Waals surface area (Å²) in [6, 6.07) is 4.24. The van der Waals surface area contributed by atoms with Gasteiger partial charge in [-0.2, -0.15) is 10.1 Å². The number of aromatic nitrogens is 2. The van der Waals surface area contributed by atoms with Crippen molar-refractivity contribution in [2.45, 2.75) is 76.9 Å². The zero-order chi connectivity index (χ0) is 25.8. The maximum absolute atomic E-state index is 14.3. The first-order valence-corrected chi connectivity index (χ1v) is 13.0. The predicted molar refractivity (Wildman–Crippen MR) is 131 cm³/mol. The molecule has 0 aliphatic heterocycles. The van der Waals surface area contributed by atoms with Crippen LogP contribution in [0.5, 0.6) is 0 Å². The minimum atomic E-state index is -3.93. The summed E-state index contributed by atoms with van der Waals surface area (Å²) in [6.07, 6.45) is 2.33. The molecule has 2 rings (SSSR count). The van der Waals surface area contributed by atoms with E-state index in [1.54, 1.807) is 17.7 Å². The van der Waals surface area contributed by atoms with Crippen LogP contribution in [0.1, 0.15) is 88.7 Å². The lowest BCUT2D eigenvalue weighted by Gasteiger charge is -2.24. The van der Waals surface area contributed by atoms with Crippen LogP contribution in [0.3, 0.4) is 0 Å². The number of carbonyl (C=O) groups excluding carboxylic acids is 1. The Hall–Kier alpha value is -2.39. The van der Waals surface area contributed by atoms with Gasteiger partial charge in [0.1, 0.15) is 5.82 Å². The molecule has 0 bridgehead atoms. The van der Waals surface area contributed by atoms with Crippen molar-refractivity contribution in [3.05, 3.63) is 40.8 Å². The van der Waals surface area contributed by atoms with Crippen molar-refractivity contribution in [2.75, 3.05) is 20.6 Å². The van der Waals surface area contributed by atoms with E-state index in [1.165, 1.54) is 18.2 Å². The molecule has 0 fully saturated rings. The van der Waals surface area contributed by atoms with Crippen LogP contribution in [0.4, 0.5) is 10.1 Å². The van der Waals surface area contributed by atoms with E-state index in [9.17, 15) is 17.6 Å². The van der Waals surface area contributed by atoms with E-state index in [2.05, 4.69) is 14.8 Å². The number of sulfonamides is 1. The SMILES string of the molecule is CCC(c1cc(S(=O)(=O)NCC(C)c2cc(F)cc(C(C)C)c2N=C=O)nn1C(C)C)N(C)C. The fourth-order valence-corrected chi connectivity index (χ4v) is 5.16. The van der Waals surface area contributed by atoms with E-state index in [0.29, 0.717) is 16.8 Å². The minimum absolute atomic E-state index is 0.0144. The van der Waals surface area contributed by atoms with Crippen LogP contribution >= 0.6 is 0 Å². The number of benzene rings is 1. The first-order valence-electron chi connectivity index (χ1n) is 11.5. The van der Waals surface area contributed by atoms with Gasteiger partial charge in [-0.3, -0.25) is 4.68 Å². The monoisotopic (exact) mass is 493 g/mol. The maximum Gasteiger partial charge on any atom is 0.259 e. The normalized spacial score (nSPS) is 14.0. The van der Waals surface area contributed by atoms with Crippen molar-refractivity contribution in [2.24, 2.45) is 4.99 Å². The third-order valence-corrected chi connectivity index (χ3v) is 7.18. The van der Waals surface area contributed by atoms with E-state index in [0.717, 1.165) is 12.1 Å². The van der Waals surface area contributed by atoms with Gasteiger partial charge < -0.3 is 4.90 Å². The highest BCUT2D eigenvalue weighted by Gasteiger charge is 2.27. The first kappa shape index (κ1) is 27.9. The summed E-state index contributed by atoms with van der Waals surface area (Å²) in [7, 11) is -0.0335. The Bertz CT molecular complexity index is 1150. The van der Waals surface area contributed by atoms with Crippen molar-refractivity contribution in [3.8, 4) is 0 Å². The zero-order valence-corrected chi connectivity index (χ0v) is 22.1. The molecule has 34 heavy (non-hydrogen) atoms. The Morgan fingerprint density at radius 2 is 1.76 bits per heavy atom. The molecule has 1 aromatic carbocycles. The second-order valence-corrected chi connectivity index (χ2v) is 11.1. The van der Waals surface area contributed by atoms with E-state index in [1.807, 2.05) is 53.6 Å². The number of aliphatic imine (C=N–C) groups is 1. The van der Waals surface area contributed by atoms with Gasteiger partial charge in [0.25, 0.3) is 10.0 Å². The van der Waals surface area contributed by atoms with Gasteiger partial charge in [-0.1, -0.05) is 27.7 Å². The van der Waals surface area contributed by atoms with Gasteiger partial charge in [0.15, 0.2) is 5.03 Å². The van der Waals surface area contributed by atoms with Crippen molar-refractivity contribution in [1.29, 1.82) is 0 Å². The fraction of sp³-hybridized carbons (Fsp3) is 0.583. The minimum Gasteiger partial charge on any atom is -0.301 e. The van der Waals surface area contributed by atoms with Crippen LogP contribution in [-0.2, 0) is 14.8 Å². The summed E-state index contributed by atoms with van der Waals surface area (Å²) in [4.78, 5) is 16.9. The molecule has 2 atom stereocenters. The summed E-state index contributed by atoms with van der Waals surface area (Å²) in [5.74, 6) is -0.994. The number of rotatable bonds is 11. The Morgan fingerprint density at radius 1 is 1.15 bits per heavy atom.